The Kier molecular flexibility index (Phi) is 4.55. The van der Waals surface area contributed by atoms with Crippen LogP contribution in [0.1, 0.15) is 36.0 Å². The number of carbonyl (C=O) groups is 1. The largest absolute Gasteiger partial charge is 0.496 e. The van der Waals surface area contributed by atoms with Crippen molar-refractivity contribution in [1.29, 1.82) is 0 Å². The van der Waals surface area contributed by atoms with Crippen LogP contribution in [0.15, 0.2) is 6.07 Å². The SMILES string of the molecule is COc1cc(C)c(C(C)CC=O)c(OC)c1C. The van der Waals surface area contributed by atoms with Gasteiger partial charge in [0.1, 0.15) is 17.8 Å². The van der Waals surface area contributed by atoms with Crippen LogP contribution < -0.4 is 9.47 Å². The third-order valence-electron chi connectivity index (χ3n) is 3.09. The Labute approximate surface area is 103 Å². The van der Waals surface area contributed by atoms with Crippen LogP contribution in [-0.2, 0) is 4.79 Å². The molecule has 0 amide bonds. The number of aryl methyl sites for hydroxylation is 1. The van der Waals surface area contributed by atoms with Gasteiger partial charge in [-0.15, -0.1) is 0 Å². The molecule has 3 nitrogen and oxygen atoms in total. The average molecular weight is 236 g/mol. The van der Waals surface area contributed by atoms with Gasteiger partial charge in [-0.2, -0.15) is 0 Å². The molecule has 0 saturated heterocycles. The highest BCUT2D eigenvalue weighted by molar-refractivity contribution is 5.58. The van der Waals surface area contributed by atoms with Gasteiger partial charge in [-0.05, 0) is 31.4 Å². The summed E-state index contributed by atoms with van der Waals surface area (Å²) < 4.78 is 10.8. The number of ether oxygens (including phenoxy) is 2. The van der Waals surface area contributed by atoms with Crippen LogP contribution in [0.3, 0.4) is 0 Å². The first-order chi connectivity index (χ1) is 8.06. The minimum atomic E-state index is 0.159. The Morgan fingerprint density at radius 1 is 1.29 bits per heavy atom. The fraction of sp³-hybridized carbons (Fsp3) is 0.500. The van der Waals surface area contributed by atoms with Gasteiger partial charge in [0, 0.05) is 17.5 Å². The molecule has 1 aromatic carbocycles. The van der Waals surface area contributed by atoms with Gasteiger partial charge in [-0.25, -0.2) is 0 Å². The third-order valence-corrected chi connectivity index (χ3v) is 3.09. The normalized spacial score (nSPS) is 12.1. The summed E-state index contributed by atoms with van der Waals surface area (Å²) in [5.41, 5.74) is 3.17. The second-order valence-corrected chi connectivity index (χ2v) is 4.27. The second kappa shape index (κ2) is 5.71. The fourth-order valence-electron chi connectivity index (χ4n) is 2.23. The first-order valence-corrected chi connectivity index (χ1v) is 5.72. The Bertz CT molecular complexity index is 410. The van der Waals surface area contributed by atoms with E-state index >= 15 is 0 Å². The number of hydrogen-bond acceptors (Lipinski definition) is 3. The number of rotatable bonds is 5. The zero-order valence-corrected chi connectivity index (χ0v) is 11.2. The van der Waals surface area contributed by atoms with Crippen molar-refractivity contribution in [1.82, 2.24) is 0 Å². The molecule has 0 heterocycles. The number of benzene rings is 1. The summed E-state index contributed by atoms with van der Waals surface area (Å²) in [6, 6.07) is 1.99. The van der Waals surface area contributed by atoms with Crippen molar-refractivity contribution >= 4 is 6.29 Å². The van der Waals surface area contributed by atoms with Crippen LogP contribution in [0.25, 0.3) is 0 Å². The molecule has 1 aromatic rings. The highest BCUT2D eigenvalue weighted by Crippen LogP contribution is 2.39. The van der Waals surface area contributed by atoms with Crippen LogP contribution in [0.5, 0.6) is 11.5 Å². The smallest absolute Gasteiger partial charge is 0.129 e. The molecule has 0 saturated carbocycles. The van der Waals surface area contributed by atoms with Crippen LogP contribution in [0.2, 0.25) is 0 Å². The first kappa shape index (κ1) is 13.6. The summed E-state index contributed by atoms with van der Waals surface area (Å²) in [5.74, 6) is 1.81. The van der Waals surface area contributed by atoms with E-state index < -0.39 is 0 Å². The van der Waals surface area contributed by atoms with Crippen molar-refractivity contribution in [2.75, 3.05) is 14.2 Å². The Morgan fingerprint density at radius 2 is 1.94 bits per heavy atom. The third kappa shape index (κ3) is 2.60. The summed E-state index contributed by atoms with van der Waals surface area (Å²) in [5, 5.41) is 0. The fourth-order valence-corrected chi connectivity index (χ4v) is 2.23. The monoisotopic (exact) mass is 236 g/mol. The molecule has 3 heteroatoms. The van der Waals surface area contributed by atoms with E-state index in [2.05, 4.69) is 0 Å². The van der Waals surface area contributed by atoms with Gasteiger partial charge in [-0.1, -0.05) is 6.92 Å². The van der Waals surface area contributed by atoms with Crippen LogP contribution in [0, 0.1) is 13.8 Å². The van der Waals surface area contributed by atoms with Gasteiger partial charge in [-0.3, -0.25) is 0 Å². The summed E-state index contributed by atoms with van der Waals surface area (Å²) in [7, 11) is 3.30. The van der Waals surface area contributed by atoms with Crippen molar-refractivity contribution < 1.29 is 14.3 Å². The Balaban J connectivity index is 3.38. The highest BCUT2D eigenvalue weighted by atomic mass is 16.5. The molecule has 94 valence electrons. The van der Waals surface area contributed by atoms with E-state index in [1.165, 1.54) is 0 Å². The molecular weight excluding hydrogens is 216 g/mol. The van der Waals surface area contributed by atoms with Gasteiger partial charge < -0.3 is 14.3 Å². The van der Waals surface area contributed by atoms with E-state index in [0.29, 0.717) is 6.42 Å². The van der Waals surface area contributed by atoms with Crippen LogP contribution >= 0.6 is 0 Å². The van der Waals surface area contributed by atoms with Crippen molar-refractivity contribution in [3.8, 4) is 11.5 Å². The number of carbonyl (C=O) groups excluding carboxylic acids is 1. The predicted molar refractivity (Wildman–Crippen MR) is 68.1 cm³/mol. The lowest BCUT2D eigenvalue weighted by Gasteiger charge is -2.20. The van der Waals surface area contributed by atoms with E-state index in [1.807, 2.05) is 26.8 Å². The molecule has 0 radical (unpaired) electrons. The van der Waals surface area contributed by atoms with Crippen molar-refractivity contribution in [3.05, 3.63) is 22.8 Å². The molecule has 0 aliphatic carbocycles. The van der Waals surface area contributed by atoms with E-state index in [4.69, 9.17) is 9.47 Å². The molecule has 0 aliphatic heterocycles. The maximum absolute atomic E-state index is 10.6. The first-order valence-electron chi connectivity index (χ1n) is 5.72. The Morgan fingerprint density at radius 3 is 2.41 bits per heavy atom. The topological polar surface area (TPSA) is 35.5 Å². The van der Waals surface area contributed by atoms with E-state index in [-0.39, 0.29) is 5.92 Å². The number of hydrogen-bond donors (Lipinski definition) is 0. The predicted octanol–water partition coefficient (Wildman–Crippen LogP) is 3.01. The quantitative estimate of drug-likeness (QED) is 0.737. The minimum absolute atomic E-state index is 0.159. The van der Waals surface area contributed by atoms with Gasteiger partial charge in [0.05, 0.1) is 14.2 Å². The molecule has 1 atom stereocenters. The Hall–Kier alpha value is -1.51. The summed E-state index contributed by atoms with van der Waals surface area (Å²) >= 11 is 0. The second-order valence-electron chi connectivity index (χ2n) is 4.27. The van der Waals surface area contributed by atoms with Crippen molar-refractivity contribution in [2.45, 2.75) is 33.1 Å². The van der Waals surface area contributed by atoms with Crippen LogP contribution in [0.4, 0.5) is 0 Å². The molecule has 0 aromatic heterocycles. The van der Waals surface area contributed by atoms with Gasteiger partial charge in [0.25, 0.3) is 0 Å². The highest BCUT2D eigenvalue weighted by Gasteiger charge is 2.19. The molecule has 0 spiro atoms. The number of methoxy groups -OCH3 is 2. The number of aldehydes is 1. The van der Waals surface area contributed by atoms with Gasteiger partial charge in [0.15, 0.2) is 0 Å². The molecule has 0 bridgehead atoms. The maximum Gasteiger partial charge on any atom is 0.129 e. The average Bonchev–Trinajstić information content (AvgIpc) is 2.31. The van der Waals surface area contributed by atoms with E-state index in [9.17, 15) is 4.79 Å². The lowest BCUT2D eigenvalue weighted by atomic mass is 9.91. The standard InChI is InChI=1S/C14H20O3/c1-9(6-7-15)13-10(2)8-12(16-4)11(3)14(13)17-5/h7-9H,6H2,1-5H3. The minimum Gasteiger partial charge on any atom is -0.496 e. The van der Waals surface area contributed by atoms with Gasteiger partial charge >= 0.3 is 0 Å². The molecule has 17 heavy (non-hydrogen) atoms. The zero-order valence-electron chi connectivity index (χ0n) is 11.2. The van der Waals surface area contributed by atoms with Crippen molar-refractivity contribution in [3.63, 3.8) is 0 Å². The van der Waals surface area contributed by atoms with E-state index in [0.717, 1.165) is 34.5 Å². The molecular formula is C14H20O3. The summed E-state index contributed by atoms with van der Waals surface area (Å²) in [6.07, 6.45) is 1.45. The molecule has 1 unspecified atom stereocenters. The summed E-state index contributed by atoms with van der Waals surface area (Å²) in [6.45, 7) is 6.01. The lowest BCUT2D eigenvalue weighted by molar-refractivity contribution is -0.108. The lowest BCUT2D eigenvalue weighted by Crippen LogP contribution is -2.04. The van der Waals surface area contributed by atoms with Crippen molar-refractivity contribution in [2.24, 2.45) is 0 Å². The summed E-state index contributed by atoms with van der Waals surface area (Å²) in [4.78, 5) is 10.6. The zero-order chi connectivity index (χ0) is 13.0. The molecule has 0 N–H and O–H groups in total. The molecule has 1 rings (SSSR count). The molecule has 0 aliphatic rings. The molecule has 0 fully saturated rings. The van der Waals surface area contributed by atoms with Crippen LogP contribution in [-0.4, -0.2) is 20.5 Å². The van der Waals surface area contributed by atoms with E-state index in [1.54, 1.807) is 14.2 Å². The maximum atomic E-state index is 10.6. The van der Waals surface area contributed by atoms with Gasteiger partial charge in [0.2, 0.25) is 0 Å².